The second kappa shape index (κ2) is 5.72. The predicted molar refractivity (Wildman–Crippen MR) is 45.0 cm³/mol. The first-order valence-corrected chi connectivity index (χ1v) is 4.40. The second-order valence-electron chi connectivity index (χ2n) is 3.10. The van der Waals surface area contributed by atoms with Crippen LogP contribution in [0.1, 0.15) is 46.5 Å². The highest BCUT2D eigenvalue weighted by molar-refractivity contribution is 4.61. The average molecular weight is 144 g/mol. The molecule has 0 spiro atoms. The summed E-state index contributed by atoms with van der Waals surface area (Å²) < 4.78 is 0. The lowest BCUT2D eigenvalue weighted by atomic mass is 9.97. The third kappa shape index (κ3) is 3.89. The van der Waals surface area contributed by atoms with Crippen LogP contribution in [0.15, 0.2) is 0 Å². The molecule has 0 fully saturated rings. The molecule has 0 rings (SSSR count). The van der Waals surface area contributed by atoms with Gasteiger partial charge in [0.25, 0.3) is 0 Å². The Labute approximate surface area is 64.5 Å². The van der Waals surface area contributed by atoms with E-state index in [1.54, 1.807) is 0 Å². The molecule has 1 unspecified atom stereocenters. The van der Waals surface area contributed by atoms with Gasteiger partial charge in [-0.15, -0.1) is 0 Å². The summed E-state index contributed by atoms with van der Waals surface area (Å²) >= 11 is 0. The van der Waals surface area contributed by atoms with Gasteiger partial charge in [0.05, 0.1) is 6.10 Å². The molecular weight excluding hydrogens is 124 g/mol. The van der Waals surface area contributed by atoms with Gasteiger partial charge < -0.3 is 5.11 Å². The number of aliphatic hydroxyl groups is 1. The van der Waals surface area contributed by atoms with Crippen molar-refractivity contribution < 1.29 is 5.11 Å². The maximum atomic E-state index is 9.35. The fourth-order valence-electron chi connectivity index (χ4n) is 1.12. The van der Waals surface area contributed by atoms with Gasteiger partial charge in [-0.2, -0.15) is 0 Å². The molecule has 0 amide bonds. The Bertz CT molecular complexity index is 71.1. The number of unbranched alkanes of at least 4 members (excludes halogenated alkanes) is 1. The fraction of sp³-hybridized carbons (Fsp3) is 1.00. The highest BCUT2D eigenvalue weighted by atomic mass is 16.3. The predicted octanol–water partition coefficient (Wildman–Crippen LogP) is 2.58. The first kappa shape index (κ1) is 9.96. The molecule has 1 N–H and O–H groups in total. The summed E-state index contributed by atoms with van der Waals surface area (Å²) in [5, 5.41) is 9.35. The monoisotopic (exact) mass is 144 g/mol. The van der Waals surface area contributed by atoms with Crippen molar-refractivity contribution in [1.29, 1.82) is 0 Å². The third-order valence-electron chi connectivity index (χ3n) is 2.09. The van der Waals surface area contributed by atoms with Crippen molar-refractivity contribution in [1.82, 2.24) is 0 Å². The van der Waals surface area contributed by atoms with Gasteiger partial charge in [-0.1, -0.05) is 33.6 Å². The van der Waals surface area contributed by atoms with E-state index in [0.29, 0.717) is 5.92 Å². The van der Waals surface area contributed by atoms with Gasteiger partial charge in [-0.05, 0) is 18.8 Å². The van der Waals surface area contributed by atoms with E-state index in [-0.39, 0.29) is 6.10 Å². The number of hydrogen-bond donors (Lipinski definition) is 1. The van der Waals surface area contributed by atoms with Crippen LogP contribution in [0.4, 0.5) is 0 Å². The van der Waals surface area contributed by atoms with E-state index < -0.39 is 0 Å². The van der Waals surface area contributed by atoms with Gasteiger partial charge in [0, 0.05) is 0 Å². The summed E-state index contributed by atoms with van der Waals surface area (Å²) in [5.41, 5.74) is 0. The molecule has 0 aliphatic carbocycles. The average Bonchev–Trinajstić information content (AvgIpc) is 1.98. The molecule has 10 heavy (non-hydrogen) atoms. The lowest BCUT2D eigenvalue weighted by Gasteiger charge is -2.15. The molecule has 1 nitrogen and oxygen atoms in total. The molecule has 0 aliphatic rings. The molecule has 0 radical (unpaired) electrons. The molecule has 62 valence electrons. The summed E-state index contributed by atoms with van der Waals surface area (Å²) in [6, 6.07) is 0. The van der Waals surface area contributed by atoms with Crippen molar-refractivity contribution in [3.8, 4) is 0 Å². The lowest BCUT2D eigenvalue weighted by Crippen LogP contribution is -2.15. The minimum Gasteiger partial charge on any atom is -0.393 e. The molecule has 2 atom stereocenters. The second-order valence-corrected chi connectivity index (χ2v) is 3.10. The Morgan fingerprint density at radius 1 is 1.30 bits per heavy atom. The molecule has 0 saturated carbocycles. The van der Waals surface area contributed by atoms with Crippen LogP contribution in [0.5, 0.6) is 0 Å². The lowest BCUT2D eigenvalue weighted by molar-refractivity contribution is 0.107. The van der Waals surface area contributed by atoms with Gasteiger partial charge in [0.2, 0.25) is 0 Å². The highest BCUT2D eigenvalue weighted by Crippen LogP contribution is 2.13. The van der Waals surface area contributed by atoms with Crippen LogP contribution < -0.4 is 0 Å². The number of aliphatic hydroxyl groups excluding tert-OH is 1. The summed E-state index contributed by atoms with van der Waals surface area (Å²) in [7, 11) is 0. The van der Waals surface area contributed by atoms with Gasteiger partial charge in [-0.3, -0.25) is 0 Å². The van der Waals surface area contributed by atoms with E-state index in [4.69, 9.17) is 0 Å². The number of hydrogen-bond acceptors (Lipinski definition) is 1. The zero-order valence-corrected chi connectivity index (χ0v) is 7.43. The Morgan fingerprint density at radius 3 is 2.30 bits per heavy atom. The van der Waals surface area contributed by atoms with Crippen LogP contribution in [-0.4, -0.2) is 11.2 Å². The van der Waals surface area contributed by atoms with E-state index in [0.717, 1.165) is 6.42 Å². The molecule has 0 aromatic rings. The van der Waals surface area contributed by atoms with Gasteiger partial charge in [0.15, 0.2) is 0 Å². The Balaban J connectivity index is 3.31. The first-order chi connectivity index (χ1) is 4.72. The van der Waals surface area contributed by atoms with Crippen molar-refractivity contribution in [3.05, 3.63) is 0 Å². The SMILES string of the molecule is CCCC[C@@H](C)C(O)CC. The van der Waals surface area contributed by atoms with Crippen molar-refractivity contribution in [2.75, 3.05) is 0 Å². The maximum absolute atomic E-state index is 9.35. The first-order valence-electron chi connectivity index (χ1n) is 4.40. The normalized spacial score (nSPS) is 16.8. The summed E-state index contributed by atoms with van der Waals surface area (Å²) in [5.74, 6) is 0.491. The molecular formula is C9H20O. The molecule has 0 aromatic carbocycles. The van der Waals surface area contributed by atoms with Crippen molar-refractivity contribution in [2.24, 2.45) is 5.92 Å². The van der Waals surface area contributed by atoms with E-state index in [1.165, 1.54) is 19.3 Å². The fourth-order valence-corrected chi connectivity index (χ4v) is 1.12. The standard InChI is InChI=1S/C9H20O/c1-4-6-7-8(3)9(10)5-2/h8-10H,4-7H2,1-3H3/t8-,9?/m1/s1. The smallest absolute Gasteiger partial charge is 0.0563 e. The van der Waals surface area contributed by atoms with Crippen LogP contribution in [0.3, 0.4) is 0 Å². The molecule has 0 bridgehead atoms. The van der Waals surface area contributed by atoms with Crippen LogP contribution in [0.2, 0.25) is 0 Å². The topological polar surface area (TPSA) is 20.2 Å². The van der Waals surface area contributed by atoms with Crippen molar-refractivity contribution in [3.63, 3.8) is 0 Å². The minimum absolute atomic E-state index is 0.0773. The van der Waals surface area contributed by atoms with Gasteiger partial charge in [0.1, 0.15) is 0 Å². The quantitative estimate of drug-likeness (QED) is 0.628. The van der Waals surface area contributed by atoms with Crippen LogP contribution in [-0.2, 0) is 0 Å². The van der Waals surface area contributed by atoms with Crippen LogP contribution in [0.25, 0.3) is 0 Å². The van der Waals surface area contributed by atoms with E-state index in [9.17, 15) is 5.11 Å². The maximum Gasteiger partial charge on any atom is 0.0563 e. The molecule has 0 aromatic heterocycles. The zero-order chi connectivity index (χ0) is 7.98. The van der Waals surface area contributed by atoms with Gasteiger partial charge >= 0.3 is 0 Å². The van der Waals surface area contributed by atoms with Crippen LogP contribution in [0, 0.1) is 5.92 Å². The third-order valence-corrected chi connectivity index (χ3v) is 2.09. The van der Waals surface area contributed by atoms with Crippen molar-refractivity contribution >= 4 is 0 Å². The number of rotatable bonds is 5. The molecule has 0 aliphatic heterocycles. The van der Waals surface area contributed by atoms with Crippen molar-refractivity contribution in [2.45, 2.75) is 52.6 Å². The molecule has 0 saturated heterocycles. The van der Waals surface area contributed by atoms with E-state index >= 15 is 0 Å². The van der Waals surface area contributed by atoms with Gasteiger partial charge in [-0.25, -0.2) is 0 Å². The Morgan fingerprint density at radius 2 is 1.90 bits per heavy atom. The Hall–Kier alpha value is -0.0400. The summed E-state index contributed by atoms with van der Waals surface area (Å²) in [4.78, 5) is 0. The van der Waals surface area contributed by atoms with E-state index in [2.05, 4.69) is 13.8 Å². The minimum atomic E-state index is -0.0773. The highest BCUT2D eigenvalue weighted by Gasteiger charge is 2.09. The molecule has 1 heteroatoms. The summed E-state index contributed by atoms with van der Waals surface area (Å²) in [6.45, 7) is 6.35. The Kier molecular flexibility index (Phi) is 5.70. The largest absolute Gasteiger partial charge is 0.393 e. The zero-order valence-electron chi connectivity index (χ0n) is 7.43. The summed E-state index contributed by atoms with van der Waals surface area (Å²) in [6.07, 6.45) is 4.47. The van der Waals surface area contributed by atoms with Crippen LogP contribution >= 0.6 is 0 Å². The molecule has 0 heterocycles. The van der Waals surface area contributed by atoms with E-state index in [1.807, 2.05) is 6.92 Å².